The zero-order valence-electron chi connectivity index (χ0n) is 38.0. The quantitative estimate of drug-likeness (QED) is 0.105. The summed E-state index contributed by atoms with van der Waals surface area (Å²) in [5.74, 6) is 3.40. The van der Waals surface area contributed by atoms with Crippen LogP contribution in [-0.4, -0.2) is 9.52 Å². The summed E-state index contributed by atoms with van der Waals surface area (Å²) in [6, 6.07) is 42.6. The first-order chi connectivity index (χ1) is 30.6. The summed E-state index contributed by atoms with van der Waals surface area (Å²) < 4.78 is 0. The van der Waals surface area contributed by atoms with Gasteiger partial charge in [-0.25, -0.2) is 0 Å². The summed E-state index contributed by atoms with van der Waals surface area (Å²) in [5.41, 5.74) is 11.8. The van der Waals surface area contributed by atoms with E-state index in [1.165, 1.54) is 185 Å². The number of hydrogen-bond acceptors (Lipinski definition) is 0. The van der Waals surface area contributed by atoms with Crippen molar-refractivity contribution in [3.8, 4) is 22.3 Å². The number of benzene rings is 4. The molecule has 0 atom stereocenters. The third-order valence-corrected chi connectivity index (χ3v) is 14.7. The van der Waals surface area contributed by atoms with Crippen LogP contribution in [0.2, 0.25) is 13.1 Å². The van der Waals surface area contributed by atoms with Gasteiger partial charge in [-0.2, -0.15) is 12.1 Å². The molecular formula is C58H72Cl2SiZr. The minimum absolute atomic E-state index is 0.791. The largest absolute Gasteiger partial charge is 0.164 e. The van der Waals surface area contributed by atoms with E-state index in [1.807, 2.05) is 0 Å². The van der Waals surface area contributed by atoms with Gasteiger partial charge in [-0.3, -0.25) is 0 Å². The Morgan fingerprint density at radius 2 is 0.790 bits per heavy atom. The molecule has 4 saturated carbocycles. The van der Waals surface area contributed by atoms with Gasteiger partial charge in [-0.05, 0) is 84.5 Å². The second-order valence-electron chi connectivity index (χ2n) is 19.2. The van der Waals surface area contributed by atoms with Gasteiger partial charge in [0.05, 0.1) is 0 Å². The summed E-state index contributed by atoms with van der Waals surface area (Å²) in [6.07, 6.45) is 30.9. The third kappa shape index (κ3) is 13.4. The van der Waals surface area contributed by atoms with Crippen molar-refractivity contribution in [3.63, 3.8) is 0 Å². The molecule has 0 aliphatic heterocycles. The van der Waals surface area contributed by atoms with Crippen molar-refractivity contribution in [3.05, 3.63) is 131 Å². The van der Waals surface area contributed by atoms with Crippen LogP contribution in [0.25, 0.3) is 43.8 Å². The molecule has 6 aromatic rings. The van der Waals surface area contributed by atoms with Crippen molar-refractivity contribution in [2.75, 3.05) is 0 Å². The Morgan fingerprint density at radius 1 is 0.468 bits per heavy atom. The fourth-order valence-electron chi connectivity index (χ4n) is 11.5. The van der Waals surface area contributed by atoms with Gasteiger partial charge in [0, 0.05) is 9.52 Å². The molecule has 0 amide bonds. The van der Waals surface area contributed by atoms with Crippen LogP contribution in [0.1, 0.15) is 163 Å². The van der Waals surface area contributed by atoms with Gasteiger partial charge in [0.2, 0.25) is 0 Å². The van der Waals surface area contributed by atoms with Crippen molar-refractivity contribution >= 4 is 48.1 Å². The van der Waals surface area contributed by atoms with Gasteiger partial charge in [0.25, 0.3) is 0 Å². The van der Waals surface area contributed by atoms with Crippen LogP contribution in [0.3, 0.4) is 0 Å². The molecule has 4 fully saturated rings. The first kappa shape index (κ1) is 47.7. The topological polar surface area (TPSA) is 0 Å². The summed E-state index contributed by atoms with van der Waals surface area (Å²) in [5, 5.41) is 5.72. The molecule has 0 N–H and O–H groups in total. The van der Waals surface area contributed by atoms with Crippen molar-refractivity contribution in [2.24, 2.45) is 11.8 Å². The van der Waals surface area contributed by atoms with Gasteiger partial charge in [-0.15, -0.1) is 69.1 Å². The van der Waals surface area contributed by atoms with Crippen molar-refractivity contribution in [1.82, 2.24) is 0 Å². The van der Waals surface area contributed by atoms with Crippen LogP contribution in [0.4, 0.5) is 0 Å². The number of fused-ring (bicyclic) bond motifs is 2. The van der Waals surface area contributed by atoms with Crippen molar-refractivity contribution < 1.29 is 20.8 Å². The zero-order valence-corrected chi connectivity index (χ0v) is 43.0. The second-order valence-corrected chi connectivity index (χ2v) is 24.0. The Bertz CT molecular complexity index is 2010. The first-order valence-corrected chi connectivity index (χ1v) is 33.0. The molecule has 326 valence electrons. The van der Waals surface area contributed by atoms with Crippen LogP contribution in [0, 0.1) is 11.8 Å². The van der Waals surface area contributed by atoms with Crippen LogP contribution in [0.5, 0.6) is 0 Å². The zero-order chi connectivity index (χ0) is 42.9. The van der Waals surface area contributed by atoms with E-state index >= 15 is 0 Å². The van der Waals surface area contributed by atoms with Crippen LogP contribution >= 0.6 is 17.0 Å². The minimum Gasteiger partial charge on any atom is -0.164 e. The van der Waals surface area contributed by atoms with E-state index in [4.69, 9.17) is 17.0 Å². The molecule has 4 heteroatoms. The first-order valence-electron chi connectivity index (χ1n) is 24.7. The molecule has 0 aromatic heterocycles. The number of hydrogen-bond donors (Lipinski definition) is 0. The second kappa shape index (κ2) is 25.5. The molecule has 62 heavy (non-hydrogen) atoms. The molecule has 10 rings (SSSR count). The van der Waals surface area contributed by atoms with Crippen molar-refractivity contribution in [2.45, 2.75) is 166 Å². The Kier molecular flexibility index (Phi) is 19.6. The van der Waals surface area contributed by atoms with Gasteiger partial charge in [-0.1, -0.05) is 188 Å². The average molecular weight is 959 g/mol. The van der Waals surface area contributed by atoms with Gasteiger partial charge >= 0.3 is 37.9 Å². The smallest absolute Gasteiger partial charge is 0.0162 e. The molecule has 0 heterocycles. The Balaban J connectivity index is 0.000000166. The minimum atomic E-state index is -0.826. The van der Waals surface area contributed by atoms with Gasteiger partial charge < -0.3 is 0 Å². The maximum absolute atomic E-state index is 4.93. The van der Waals surface area contributed by atoms with Crippen molar-refractivity contribution in [1.29, 1.82) is 0 Å². The monoisotopic (exact) mass is 956 g/mol. The van der Waals surface area contributed by atoms with E-state index in [9.17, 15) is 0 Å². The standard InChI is InChI=1S/2C28H33.C2H6Si.2ClH.Zr/c2*1-3-8-21(9-4-1)18-22-19-26-12-7-13-27(28(26)20-22)25-16-14-24(15-17-25)23-10-5-2-6-11-23;1-3-2;;;/h2*7,12-17,19-21,23H,1-6,8-11,18H2;1-2H3;2*1H;/q2*-1;;;;+4/p-2. The van der Waals surface area contributed by atoms with E-state index in [2.05, 4.69) is 122 Å². The van der Waals surface area contributed by atoms with Gasteiger partial charge in [0.1, 0.15) is 0 Å². The molecule has 0 spiro atoms. The summed E-state index contributed by atoms with van der Waals surface area (Å²) >= 11 is -0.826. The molecule has 0 saturated heterocycles. The maximum Gasteiger partial charge on any atom is -0.0162 e. The van der Waals surface area contributed by atoms with Crippen LogP contribution in [0.15, 0.2) is 109 Å². The fourth-order valence-corrected chi connectivity index (χ4v) is 11.5. The summed E-state index contributed by atoms with van der Waals surface area (Å²) in [6.45, 7) is 4.31. The molecular weight excluding hydrogens is 887 g/mol. The van der Waals surface area contributed by atoms with E-state index in [1.54, 1.807) is 22.3 Å². The van der Waals surface area contributed by atoms with Gasteiger partial charge in [0.15, 0.2) is 0 Å². The van der Waals surface area contributed by atoms with E-state index in [-0.39, 0.29) is 0 Å². The summed E-state index contributed by atoms with van der Waals surface area (Å²) in [4.78, 5) is 0. The Labute approximate surface area is 397 Å². The molecule has 2 radical (unpaired) electrons. The molecule has 4 aliphatic rings. The fraction of sp³-hybridized carbons (Fsp3) is 0.483. The average Bonchev–Trinajstić information content (AvgIpc) is 3.94. The molecule has 0 unspecified atom stereocenters. The summed E-state index contributed by atoms with van der Waals surface area (Å²) in [7, 11) is 11.0. The third-order valence-electron chi connectivity index (χ3n) is 14.7. The predicted molar refractivity (Wildman–Crippen MR) is 271 cm³/mol. The van der Waals surface area contributed by atoms with E-state index in [0.717, 1.165) is 33.2 Å². The molecule has 4 aliphatic carbocycles. The SMILES string of the molecule is C[Si]C.[Cl][Zr+2][Cl].c1cc(-c2ccc(C3CCCCC3)cc2)c2cc(CC3CCCCC3)[cH-]c2c1.c1cc(-c2ccc(C3CCCCC3)cc2)c2cc(CC3CCCCC3)[cH-]c2c1. The molecule has 6 aromatic carbocycles. The number of halogens is 2. The van der Waals surface area contributed by atoms with Crippen LogP contribution in [-0.2, 0) is 33.7 Å². The molecule has 0 nitrogen and oxygen atoms in total. The normalized spacial score (nSPS) is 17.9. The number of rotatable bonds is 8. The predicted octanol–water partition coefficient (Wildman–Crippen LogP) is 19.0. The Morgan fingerprint density at radius 3 is 1.13 bits per heavy atom. The maximum atomic E-state index is 4.93. The Hall–Kier alpha value is -2.22. The van der Waals surface area contributed by atoms with E-state index < -0.39 is 20.8 Å². The van der Waals surface area contributed by atoms with E-state index in [0.29, 0.717) is 0 Å². The molecule has 0 bridgehead atoms. The van der Waals surface area contributed by atoms with Crippen LogP contribution < -0.4 is 0 Å².